The standard InChI is InChI=1S/C37H74N2O3/c1-4-6-8-10-12-14-16-18-19-21-23-25-27-31-37(41)42-35-34-39(3)33-29-30-36(40)38-32-28-26-24-22-20-17-15-13-11-9-7-5-2/h4-35H2,1-3H3,(H,38,40). The smallest absolute Gasteiger partial charge is 0.305 e. The molecule has 0 aromatic heterocycles. The van der Waals surface area contributed by atoms with Crippen LogP contribution < -0.4 is 5.32 Å². The number of carbonyl (C=O) groups is 2. The highest BCUT2D eigenvalue weighted by Gasteiger charge is 2.06. The summed E-state index contributed by atoms with van der Waals surface area (Å²) in [5, 5.41) is 3.07. The summed E-state index contributed by atoms with van der Waals surface area (Å²) >= 11 is 0. The van der Waals surface area contributed by atoms with Gasteiger partial charge in [-0.3, -0.25) is 9.59 Å². The quantitative estimate of drug-likeness (QED) is 0.0595. The van der Waals surface area contributed by atoms with E-state index >= 15 is 0 Å². The molecular weight excluding hydrogens is 520 g/mol. The Labute approximate surface area is 263 Å². The zero-order chi connectivity index (χ0) is 30.8. The van der Waals surface area contributed by atoms with Crippen molar-refractivity contribution in [3.63, 3.8) is 0 Å². The number of carbonyl (C=O) groups excluding carboxylic acids is 2. The molecule has 0 atom stereocenters. The first kappa shape index (κ1) is 40.9. The summed E-state index contributed by atoms with van der Waals surface area (Å²) in [6.45, 7) is 7.37. The van der Waals surface area contributed by atoms with Gasteiger partial charge in [0.25, 0.3) is 0 Å². The molecular formula is C37H74N2O3. The SMILES string of the molecule is CCCCCCCCCCCCCCCC(=O)OCCN(C)CCCC(=O)NCCCCCCCCCCCCCC. The number of rotatable bonds is 34. The zero-order valence-electron chi connectivity index (χ0n) is 28.8. The number of likely N-dealkylation sites (N-methyl/N-ethyl adjacent to an activating group) is 1. The monoisotopic (exact) mass is 595 g/mol. The molecule has 0 aliphatic rings. The summed E-state index contributed by atoms with van der Waals surface area (Å²) in [6, 6.07) is 0. The van der Waals surface area contributed by atoms with Gasteiger partial charge in [0, 0.05) is 25.9 Å². The van der Waals surface area contributed by atoms with E-state index < -0.39 is 0 Å². The molecule has 250 valence electrons. The van der Waals surface area contributed by atoms with Gasteiger partial charge in [0.05, 0.1) is 0 Å². The van der Waals surface area contributed by atoms with E-state index in [2.05, 4.69) is 24.1 Å². The molecule has 42 heavy (non-hydrogen) atoms. The molecule has 0 saturated carbocycles. The predicted octanol–water partition coefficient (Wildman–Crippen LogP) is 10.5. The second kappa shape index (κ2) is 34.4. The highest BCUT2D eigenvalue weighted by atomic mass is 16.5. The summed E-state index contributed by atoms with van der Waals surface area (Å²) in [4.78, 5) is 26.2. The van der Waals surface area contributed by atoms with E-state index in [-0.39, 0.29) is 11.9 Å². The summed E-state index contributed by atoms with van der Waals surface area (Å²) in [6.07, 6.45) is 35.1. The third kappa shape index (κ3) is 33.4. The highest BCUT2D eigenvalue weighted by Crippen LogP contribution is 2.14. The van der Waals surface area contributed by atoms with Crippen molar-refractivity contribution in [3.8, 4) is 0 Å². The van der Waals surface area contributed by atoms with Crippen LogP contribution in [0, 0.1) is 0 Å². The fourth-order valence-corrected chi connectivity index (χ4v) is 5.58. The molecule has 0 spiro atoms. The van der Waals surface area contributed by atoms with Crippen LogP contribution in [0.4, 0.5) is 0 Å². The van der Waals surface area contributed by atoms with Crippen molar-refractivity contribution < 1.29 is 14.3 Å². The Bertz CT molecular complexity index is 521. The van der Waals surface area contributed by atoms with Crippen LogP contribution in [-0.4, -0.2) is 50.1 Å². The molecule has 0 aliphatic carbocycles. The Morgan fingerprint density at radius 1 is 0.500 bits per heavy atom. The molecule has 5 heteroatoms. The van der Waals surface area contributed by atoms with Crippen molar-refractivity contribution in [2.45, 2.75) is 194 Å². The van der Waals surface area contributed by atoms with Crippen molar-refractivity contribution >= 4 is 11.9 Å². The minimum absolute atomic E-state index is 0.0661. The van der Waals surface area contributed by atoms with Gasteiger partial charge in [0.15, 0.2) is 0 Å². The first-order chi connectivity index (χ1) is 20.6. The Morgan fingerprint density at radius 3 is 1.36 bits per heavy atom. The largest absolute Gasteiger partial charge is 0.464 e. The van der Waals surface area contributed by atoms with Crippen LogP contribution >= 0.6 is 0 Å². The number of nitrogens with zero attached hydrogens (tertiary/aromatic N) is 1. The van der Waals surface area contributed by atoms with Gasteiger partial charge in [-0.25, -0.2) is 0 Å². The number of amides is 1. The molecule has 0 aromatic carbocycles. The van der Waals surface area contributed by atoms with Crippen molar-refractivity contribution in [1.29, 1.82) is 0 Å². The lowest BCUT2D eigenvalue weighted by molar-refractivity contribution is -0.144. The zero-order valence-corrected chi connectivity index (χ0v) is 28.8. The molecule has 0 fully saturated rings. The van der Waals surface area contributed by atoms with Gasteiger partial charge in [0.1, 0.15) is 6.61 Å². The maximum atomic E-state index is 12.1. The summed E-state index contributed by atoms with van der Waals surface area (Å²) in [5.41, 5.74) is 0. The van der Waals surface area contributed by atoms with Crippen molar-refractivity contribution in [2.24, 2.45) is 0 Å². The van der Waals surface area contributed by atoms with E-state index in [0.717, 1.165) is 45.3 Å². The Kier molecular flexibility index (Phi) is 33.5. The molecule has 0 rings (SSSR count). The molecule has 0 saturated heterocycles. The van der Waals surface area contributed by atoms with Gasteiger partial charge in [0.2, 0.25) is 5.91 Å². The van der Waals surface area contributed by atoms with Crippen LogP contribution in [0.1, 0.15) is 194 Å². The van der Waals surface area contributed by atoms with Gasteiger partial charge in [-0.2, -0.15) is 0 Å². The average Bonchev–Trinajstić information content (AvgIpc) is 2.98. The molecule has 1 N–H and O–H groups in total. The molecule has 0 heterocycles. The topological polar surface area (TPSA) is 58.6 Å². The molecule has 0 radical (unpaired) electrons. The van der Waals surface area contributed by atoms with Crippen LogP contribution in [0.15, 0.2) is 0 Å². The van der Waals surface area contributed by atoms with Gasteiger partial charge in [-0.05, 0) is 32.9 Å². The van der Waals surface area contributed by atoms with E-state index in [1.54, 1.807) is 0 Å². The molecule has 5 nitrogen and oxygen atoms in total. The van der Waals surface area contributed by atoms with Crippen LogP contribution in [0.2, 0.25) is 0 Å². The van der Waals surface area contributed by atoms with Crippen LogP contribution in [0.3, 0.4) is 0 Å². The number of ether oxygens (including phenoxy) is 1. The number of esters is 1. The summed E-state index contributed by atoms with van der Waals surface area (Å²) < 4.78 is 5.42. The normalized spacial score (nSPS) is 11.3. The molecule has 0 aliphatic heterocycles. The number of hydrogen-bond donors (Lipinski definition) is 1. The van der Waals surface area contributed by atoms with E-state index in [9.17, 15) is 9.59 Å². The first-order valence-electron chi connectivity index (χ1n) is 18.7. The average molecular weight is 595 g/mol. The molecule has 1 amide bonds. The van der Waals surface area contributed by atoms with E-state index in [0.29, 0.717) is 19.4 Å². The lowest BCUT2D eigenvalue weighted by atomic mass is 10.0. The predicted molar refractivity (Wildman–Crippen MR) is 182 cm³/mol. The van der Waals surface area contributed by atoms with Gasteiger partial charge in [-0.1, -0.05) is 162 Å². The van der Waals surface area contributed by atoms with Crippen LogP contribution in [0.25, 0.3) is 0 Å². The molecule has 0 bridgehead atoms. The van der Waals surface area contributed by atoms with Gasteiger partial charge in [-0.15, -0.1) is 0 Å². The third-order valence-corrected chi connectivity index (χ3v) is 8.52. The van der Waals surface area contributed by atoms with E-state index in [1.165, 1.54) is 141 Å². The van der Waals surface area contributed by atoms with Crippen molar-refractivity contribution in [2.75, 3.05) is 33.3 Å². The van der Waals surface area contributed by atoms with Gasteiger partial charge < -0.3 is 15.0 Å². The van der Waals surface area contributed by atoms with Crippen LogP contribution in [-0.2, 0) is 14.3 Å². The summed E-state index contributed by atoms with van der Waals surface area (Å²) in [7, 11) is 2.03. The Balaban J connectivity index is 3.37. The van der Waals surface area contributed by atoms with E-state index in [4.69, 9.17) is 4.74 Å². The number of unbranched alkanes of at least 4 members (excludes halogenated alkanes) is 23. The lowest BCUT2D eigenvalue weighted by Crippen LogP contribution is -2.28. The highest BCUT2D eigenvalue weighted by molar-refractivity contribution is 5.75. The van der Waals surface area contributed by atoms with E-state index in [1.807, 2.05) is 7.05 Å². The van der Waals surface area contributed by atoms with Crippen molar-refractivity contribution in [1.82, 2.24) is 10.2 Å². The lowest BCUT2D eigenvalue weighted by Gasteiger charge is -2.16. The fourth-order valence-electron chi connectivity index (χ4n) is 5.58. The van der Waals surface area contributed by atoms with Crippen LogP contribution in [0.5, 0.6) is 0 Å². The third-order valence-electron chi connectivity index (χ3n) is 8.52. The maximum Gasteiger partial charge on any atom is 0.305 e. The number of nitrogens with one attached hydrogen (secondary N) is 1. The second-order valence-electron chi connectivity index (χ2n) is 12.9. The number of hydrogen-bond acceptors (Lipinski definition) is 4. The minimum atomic E-state index is -0.0661. The second-order valence-corrected chi connectivity index (χ2v) is 12.9. The van der Waals surface area contributed by atoms with Gasteiger partial charge >= 0.3 is 5.97 Å². The first-order valence-corrected chi connectivity index (χ1v) is 18.7. The summed E-state index contributed by atoms with van der Waals surface area (Å²) in [5.74, 6) is 0.0966. The minimum Gasteiger partial charge on any atom is -0.464 e. The molecule has 0 aromatic rings. The fraction of sp³-hybridized carbons (Fsp3) is 0.946. The molecule has 0 unspecified atom stereocenters. The van der Waals surface area contributed by atoms with Crippen molar-refractivity contribution in [3.05, 3.63) is 0 Å². The Morgan fingerprint density at radius 2 is 0.905 bits per heavy atom. The Hall–Kier alpha value is -1.10. The maximum absolute atomic E-state index is 12.1.